The van der Waals surface area contributed by atoms with Crippen molar-refractivity contribution in [1.82, 2.24) is 16.0 Å². The van der Waals surface area contributed by atoms with Gasteiger partial charge in [0.25, 0.3) is 0 Å². The fraction of sp³-hybridized carbons (Fsp3) is 0.930. The lowest BCUT2D eigenvalue weighted by Gasteiger charge is -2.23. The summed E-state index contributed by atoms with van der Waals surface area (Å²) in [5.74, 6) is -0.252. The molecule has 0 spiro atoms. The molecule has 0 radical (unpaired) electrons. The van der Waals surface area contributed by atoms with E-state index < -0.39 is 6.04 Å². The Kier molecular flexibility index (Phi) is 34.6. The quantitative estimate of drug-likeness (QED) is 0.0441. The van der Waals surface area contributed by atoms with Crippen LogP contribution in [0.3, 0.4) is 0 Å². The molecule has 1 unspecified atom stereocenters. The van der Waals surface area contributed by atoms with Crippen LogP contribution in [0.1, 0.15) is 213 Å². The zero-order chi connectivity index (χ0) is 37.0. The summed E-state index contributed by atoms with van der Waals surface area (Å²) in [6, 6.07) is -0.652. The molecule has 7 heteroatoms. The Bertz CT molecular complexity index is 783. The summed E-state index contributed by atoms with van der Waals surface area (Å²) in [7, 11) is 6.75. The zero-order valence-electron chi connectivity index (χ0n) is 34.3. The van der Waals surface area contributed by atoms with E-state index in [2.05, 4.69) is 50.9 Å². The Hall–Kier alpha value is -1.63. The van der Waals surface area contributed by atoms with E-state index in [1.165, 1.54) is 141 Å². The number of amides is 3. The van der Waals surface area contributed by atoms with E-state index in [1.54, 1.807) is 0 Å². The molecule has 0 heterocycles. The molecular weight excluding hydrogens is 620 g/mol. The molecular formula is C43H87N4O3+. The molecule has 3 amide bonds. The molecule has 0 aliphatic carbocycles. The lowest BCUT2D eigenvalue weighted by atomic mass is 10.1. The maximum atomic E-state index is 13.1. The van der Waals surface area contributed by atoms with Crippen LogP contribution in [0.5, 0.6) is 0 Å². The number of quaternary nitrogens is 1. The van der Waals surface area contributed by atoms with E-state index in [0.29, 0.717) is 25.9 Å². The molecule has 3 N–H and O–H groups in total. The first-order valence-corrected chi connectivity index (χ1v) is 21.8. The third-order valence-electron chi connectivity index (χ3n) is 9.98. The molecule has 0 fully saturated rings. The predicted molar refractivity (Wildman–Crippen MR) is 215 cm³/mol. The highest BCUT2D eigenvalue weighted by Crippen LogP contribution is 2.13. The van der Waals surface area contributed by atoms with Gasteiger partial charge in [-0.15, -0.1) is 0 Å². The normalized spacial score (nSPS) is 12.2. The molecule has 0 aliphatic heterocycles. The molecule has 50 heavy (non-hydrogen) atoms. The summed E-state index contributed by atoms with van der Waals surface area (Å²) in [5.41, 5.74) is 0. The van der Waals surface area contributed by atoms with Gasteiger partial charge in [-0.1, -0.05) is 162 Å². The van der Waals surface area contributed by atoms with Gasteiger partial charge in [0.05, 0.1) is 27.7 Å². The van der Waals surface area contributed by atoms with Gasteiger partial charge in [-0.25, -0.2) is 0 Å². The predicted octanol–water partition coefficient (Wildman–Crippen LogP) is 10.5. The smallest absolute Gasteiger partial charge is 0.242 e. The SMILES string of the molecule is CCCCCCCCCCCCNC(=O)CCC(NC(=O)CCCCCCCCCC[N+](C)(C)C)C(=O)NCCCCCCCCCCCC. The molecule has 0 bridgehead atoms. The summed E-state index contributed by atoms with van der Waals surface area (Å²) in [6.07, 6.45) is 35.7. The molecule has 0 aliphatic rings. The summed E-state index contributed by atoms with van der Waals surface area (Å²) in [6.45, 7) is 7.06. The van der Waals surface area contributed by atoms with Crippen molar-refractivity contribution in [3.8, 4) is 0 Å². The van der Waals surface area contributed by atoms with Crippen LogP contribution in [0.15, 0.2) is 0 Å². The van der Waals surface area contributed by atoms with Crippen LogP contribution < -0.4 is 16.0 Å². The highest BCUT2D eigenvalue weighted by molar-refractivity contribution is 5.88. The van der Waals surface area contributed by atoms with Gasteiger partial charge < -0.3 is 20.4 Å². The lowest BCUT2D eigenvalue weighted by Crippen LogP contribution is -2.47. The molecule has 7 nitrogen and oxygen atoms in total. The summed E-state index contributed by atoms with van der Waals surface area (Å²) in [5, 5.41) is 9.07. The number of nitrogens with one attached hydrogen (secondary N) is 3. The third kappa shape index (κ3) is 36.2. The van der Waals surface area contributed by atoms with Crippen LogP contribution in [0, 0.1) is 0 Å². The molecule has 0 aromatic heterocycles. The van der Waals surface area contributed by atoms with E-state index in [9.17, 15) is 14.4 Å². The van der Waals surface area contributed by atoms with Gasteiger partial charge in [-0.3, -0.25) is 14.4 Å². The van der Waals surface area contributed by atoms with E-state index in [4.69, 9.17) is 0 Å². The van der Waals surface area contributed by atoms with Crippen molar-refractivity contribution in [2.75, 3.05) is 40.8 Å². The van der Waals surface area contributed by atoms with Crippen LogP contribution in [0.25, 0.3) is 0 Å². The van der Waals surface area contributed by atoms with Crippen LogP contribution in [0.4, 0.5) is 0 Å². The second-order valence-electron chi connectivity index (χ2n) is 16.3. The number of carbonyl (C=O) groups is 3. The second-order valence-corrected chi connectivity index (χ2v) is 16.3. The molecule has 296 valence electrons. The Morgan fingerprint density at radius 2 is 0.820 bits per heavy atom. The van der Waals surface area contributed by atoms with Crippen LogP contribution in [0.2, 0.25) is 0 Å². The summed E-state index contributed by atoms with van der Waals surface area (Å²) in [4.78, 5) is 38.6. The van der Waals surface area contributed by atoms with Gasteiger partial charge in [0.1, 0.15) is 6.04 Å². The third-order valence-corrected chi connectivity index (χ3v) is 9.98. The van der Waals surface area contributed by atoms with Gasteiger partial charge in [-0.05, 0) is 38.5 Å². The highest BCUT2D eigenvalue weighted by Gasteiger charge is 2.21. The average molecular weight is 708 g/mol. The number of carbonyl (C=O) groups excluding carboxylic acids is 3. The van der Waals surface area contributed by atoms with Crippen molar-refractivity contribution in [3.63, 3.8) is 0 Å². The van der Waals surface area contributed by atoms with Crippen molar-refractivity contribution in [1.29, 1.82) is 0 Å². The monoisotopic (exact) mass is 708 g/mol. The average Bonchev–Trinajstić information content (AvgIpc) is 3.08. The minimum absolute atomic E-state index is 0.0276. The number of hydrogen-bond acceptors (Lipinski definition) is 3. The first-order chi connectivity index (χ1) is 24.2. The molecule has 0 rings (SSSR count). The maximum Gasteiger partial charge on any atom is 0.242 e. The standard InChI is InChI=1S/C43H86N4O3/c1-6-8-10-12-14-16-19-23-27-31-37-44-41(48)36-35-40(43(50)45-38-32-28-24-20-17-15-13-11-9-7-2)46-42(49)34-30-26-22-18-21-25-29-33-39-47(3,4)5/h40H,6-39H2,1-5H3,(H2-,44,45,46,48,49,50)/p+1. The van der Waals surface area contributed by atoms with E-state index >= 15 is 0 Å². The van der Waals surface area contributed by atoms with Crippen molar-refractivity contribution in [2.24, 2.45) is 0 Å². The molecule has 0 aromatic carbocycles. The van der Waals surface area contributed by atoms with E-state index in [-0.39, 0.29) is 24.1 Å². The fourth-order valence-corrected chi connectivity index (χ4v) is 6.62. The van der Waals surface area contributed by atoms with E-state index in [0.717, 1.165) is 49.4 Å². The van der Waals surface area contributed by atoms with Crippen LogP contribution >= 0.6 is 0 Å². The maximum absolute atomic E-state index is 13.1. The van der Waals surface area contributed by atoms with E-state index in [1.807, 2.05) is 0 Å². The fourth-order valence-electron chi connectivity index (χ4n) is 6.62. The molecule has 0 saturated carbocycles. The molecule has 1 atom stereocenters. The number of nitrogens with zero attached hydrogens (tertiary/aromatic N) is 1. The topological polar surface area (TPSA) is 87.3 Å². The van der Waals surface area contributed by atoms with Crippen molar-refractivity contribution in [3.05, 3.63) is 0 Å². The van der Waals surface area contributed by atoms with Gasteiger partial charge >= 0.3 is 0 Å². The first-order valence-electron chi connectivity index (χ1n) is 21.8. The van der Waals surface area contributed by atoms with Gasteiger partial charge in [0.15, 0.2) is 0 Å². The summed E-state index contributed by atoms with van der Waals surface area (Å²) < 4.78 is 1.04. The zero-order valence-corrected chi connectivity index (χ0v) is 34.3. The Morgan fingerprint density at radius 1 is 0.440 bits per heavy atom. The molecule has 0 aromatic rings. The van der Waals surface area contributed by atoms with Gasteiger partial charge in [0.2, 0.25) is 17.7 Å². The van der Waals surface area contributed by atoms with Gasteiger partial charge in [0, 0.05) is 25.9 Å². The number of rotatable bonds is 38. The Labute approximate surface area is 311 Å². The second kappa shape index (κ2) is 35.8. The lowest BCUT2D eigenvalue weighted by molar-refractivity contribution is -0.870. The molecule has 0 saturated heterocycles. The largest absolute Gasteiger partial charge is 0.356 e. The highest BCUT2D eigenvalue weighted by atomic mass is 16.2. The van der Waals surface area contributed by atoms with Crippen molar-refractivity contribution in [2.45, 2.75) is 219 Å². The number of unbranched alkanes of at least 4 members (excludes halogenated alkanes) is 25. The minimum Gasteiger partial charge on any atom is -0.356 e. The number of hydrogen-bond donors (Lipinski definition) is 3. The van der Waals surface area contributed by atoms with Crippen LogP contribution in [-0.2, 0) is 14.4 Å². The first kappa shape index (κ1) is 48.4. The minimum atomic E-state index is -0.652. The van der Waals surface area contributed by atoms with Crippen LogP contribution in [-0.4, -0.2) is 69.0 Å². The Balaban J connectivity index is 4.38. The summed E-state index contributed by atoms with van der Waals surface area (Å²) >= 11 is 0. The van der Waals surface area contributed by atoms with Gasteiger partial charge in [-0.2, -0.15) is 0 Å². The van der Waals surface area contributed by atoms with Crippen molar-refractivity contribution >= 4 is 17.7 Å². The Morgan fingerprint density at radius 3 is 1.26 bits per heavy atom. The van der Waals surface area contributed by atoms with Crippen molar-refractivity contribution < 1.29 is 18.9 Å².